The molecular formula is C14H19N3O3. The Morgan fingerprint density at radius 1 is 1.50 bits per heavy atom. The zero-order chi connectivity index (χ0) is 14.1. The summed E-state index contributed by atoms with van der Waals surface area (Å²) in [6.07, 6.45) is 6.46. The summed E-state index contributed by atoms with van der Waals surface area (Å²) in [5, 5.41) is 12.5. The topological polar surface area (TPSA) is 84.3 Å². The van der Waals surface area contributed by atoms with Gasteiger partial charge in [0.05, 0.1) is 12.3 Å². The highest BCUT2D eigenvalue weighted by Gasteiger charge is 2.39. The first-order valence-corrected chi connectivity index (χ1v) is 7.02. The van der Waals surface area contributed by atoms with Crippen molar-refractivity contribution in [1.82, 2.24) is 9.97 Å². The first-order chi connectivity index (χ1) is 9.67. The van der Waals surface area contributed by atoms with Gasteiger partial charge in [0, 0.05) is 19.3 Å². The fourth-order valence-electron chi connectivity index (χ4n) is 3.50. The van der Waals surface area contributed by atoms with Crippen LogP contribution in [0.4, 0.5) is 5.95 Å². The second kappa shape index (κ2) is 5.36. The number of nitrogens with zero attached hydrogens (tertiary/aromatic N) is 2. The number of hydrogen-bond acceptors (Lipinski definition) is 5. The number of anilines is 1. The SMILES string of the molecule is COCc1nc(N[C@@H]2C[C@H]3CC[C@@H]2C3)ncc1C(=O)O. The van der Waals surface area contributed by atoms with E-state index in [1.165, 1.54) is 39.0 Å². The Kier molecular flexibility index (Phi) is 3.56. The van der Waals surface area contributed by atoms with Gasteiger partial charge in [0.1, 0.15) is 5.56 Å². The van der Waals surface area contributed by atoms with Gasteiger partial charge in [-0.25, -0.2) is 14.8 Å². The van der Waals surface area contributed by atoms with Gasteiger partial charge in [-0.15, -0.1) is 0 Å². The third-order valence-corrected chi connectivity index (χ3v) is 4.43. The molecular weight excluding hydrogens is 258 g/mol. The van der Waals surface area contributed by atoms with Crippen molar-refractivity contribution in [1.29, 1.82) is 0 Å². The summed E-state index contributed by atoms with van der Waals surface area (Å²) in [4.78, 5) is 19.5. The summed E-state index contributed by atoms with van der Waals surface area (Å²) < 4.78 is 5.01. The lowest BCUT2D eigenvalue weighted by Gasteiger charge is -2.23. The van der Waals surface area contributed by atoms with E-state index in [1.54, 1.807) is 0 Å². The number of carboxylic acids is 1. The molecule has 2 fully saturated rings. The third kappa shape index (κ3) is 2.47. The predicted octanol–water partition coefficient (Wildman–Crippen LogP) is 1.92. The molecule has 2 saturated carbocycles. The van der Waals surface area contributed by atoms with Crippen LogP contribution in [0.15, 0.2) is 6.20 Å². The summed E-state index contributed by atoms with van der Waals surface area (Å²) in [5.41, 5.74) is 0.519. The van der Waals surface area contributed by atoms with Gasteiger partial charge in [-0.1, -0.05) is 6.42 Å². The van der Waals surface area contributed by atoms with Crippen molar-refractivity contribution in [2.75, 3.05) is 12.4 Å². The Morgan fingerprint density at radius 2 is 2.35 bits per heavy atom. The number of nitrogens with one attached hydrogen (secondary N) is 1. The molecule has 3 rings (SSSR count). The van der Waals surface area contributed by atoms with E-state index in [4.69, 9.17) is 9.84 Å². The van der Waals surface area contributed by atoms with Crippen LogP contribution in [0.2, 0.25) is 0 Å². The molecule has 0 amide bonds. The molecule has 0 spiro atoms. The molecule has 0 aromatic carbocycles. The van der Waals surface area contributed by atoms with E-state index in [0.717, 1.165) is 5.92 Å². The summed E-state index contributed by atoms with van der Waals surface area (Å²) in [6, 6.07) is 0.430. The molecule has 1 heterocycles. The quantitative estimate of drug-likeness (QED) is 0.855. The summed E-state index contributed by atoms with van der Waals surface area (Å²) in [5.74, 6) is 1.05. The highest BCUT2D eigenvalue weighted by Crippen LogP contribution is 2.45. The smallest absolute Gasteiger partial charge is 0.339 e. The lowest BCUT2D eigenvalue weighted by molar-refractivity contribution is 0.0690. The number of aromatic nitrogens is 2. The van der Waals surface area contributed by atoms with Crippen LogP contribution in [0.3, 0.4) is 0 Å². The van der Waals surface area contributed by atoms with Crippen molar-refractivity contribution < 1.29 is 14.6 Å². The standard InChI is InChI=1S/C14H19N3O3/c1-20-7-12-10(13(18)19)6-15-14(17-12)16-11-5-8-2-3-9(11)4-8/h6,8-9,11H,2-5,7H2,1H3,(H,18,19)(H,15,16,17)/t8-,9+,11+/m0/s1. The largest absolute Gasteiger partial charge is 0.478 e. The van der Waals surface area contributed by atoms with Crippen LogP contribution in [0.5, 0.6) is 0 Å². The maximum Gasteiger partial charge on any atom is 0.339 e. The first kappa shape index (κ1) is 13.3. The van der Waals surface area contributed by atoms with Crippen LogP contribution in [0.25, 0.3) is 0 Å². The summed E-state index contributed by atoms with van der Waals surface area (Å²) in [6.45, 7) is 0.176. The fraction of sp³-hybridized carbons (Fsp3) is 0.643. The van der Waals surface area contributed by atoms with Crippen molar-refractivity contribution in [3.8, 4) is 0 Å². The zero-order valence-electron chi connectivity index (χ0n) is 11.5. The predicted molar refractivity (Wildman–Crippen MR) is 72.6 cm³/mol. The van der Waals surface area contributed by atoms with Crippen LogP contribution in [0.1, 0.15) is 41.7 Å². The van der Waals surface area contributed by atoms with Crippen molar-refractivity contribution in [3.05, 3.63) is 17.5 Å². The molecule has 20 heavy (non-hydrogen) atoms. The van der Waals surface area contributed by atoms with Crippen LogP contribution in [0, 0.1) is 11.8 Å². The van der Waals surface area contributed by atoms with Crippen molar-refractivity contribution >= 4 is 11.9 Å². The maximum absolute atomic E-state index is 11.1. The molecule has 1 aromatic rings. The molecule has 0 aliphatic heterocycles. The summed E-state index contributed by atoms with van der Waals surface area (Å²) in [7, 11) is 1.52. The number of aromatic carboxylic acids is 1. The Balaban J connectivity index is 1.76. The molecule has 3 atom stereocenters. The molecule has 6 nitrogen and oxygen atoms in total. The van der Waals surface area contributed by atoms with E-state index in [1.807, 2.05) is 0 Å². The fourth-order valence-corrected chi connectivity index (χ4v) is 3.50. The van der Waals surface area contributed by atoms with E-state index < -0.39 is 5.97 Å². The lowest BCUT2D eigenvalue weighted by Crippen LogP contribution is -2.27. The minimum absolute atomic E-state index is 0.102. The van der Waals surface area contributed by atoms with Crippen LogP contribution < -0.4 is 5.32 Å². The van der Waals surface area contributed by atoms with Crippen LogP contribution in [-0.4, -0.2) is 34.2 Å². The Labute approximate surface area is 117 Å². The Bertz CT molecular complexity index is 520. The molecule has 0 radical (unpaired) electrons. The van der Waals surface area contributed by atoms with E-state index in [0.29, 0.717) is 23.6 Å². The Morgan fingerprint density at radius 3 is 2.95 bits per heavy atom. The van der Waals surface area contributed by atoms with Crippen molar-refractivity contribution in [3.63, 3.8) is 0 Å². The number of carboxylic acid groups (broad SMARTS) is 1. The number of fused-ring (bicyclic) bond motifs is 2. The van der Waals surface area contributed by atoms with Crippen LogP contribution >= 0.6 is 0 Å². The van der Waals surface area contributed by atoms with Gasteiger partial charge in [-0.2, -0.15) is 0 Å². The second-order valence-corrected chi connectivity index (χ2v) is 5.72. The van der Waals surface area contributed by atoms with E-state index in [-0.39, 0.29) is 12.2 Å². The van der Waals surface area contributed by atoms with Gasteiger partial charge in [-0.05, 0) is 31.1 Å². The highest BCUT2D eigenvalue weighted by molar-refractivity contribution is 5.88. The minimum atomic E-state index is -1.02. The van der Waals surface area contributed by atoms with E-state index in [9.17, 15) is 4.79 Å². The first-order valence-electron chi connectivity index (χ1n) is 7.02. The number of ether oxygens (including phenoxy) is 1. The van der Waals surface area contributed by atoms with Crippen molar-refractivity contribution in [2.24, 2.45) is 11.8 Å². The van der Waals surface area contributed by atoms with E-state index >= 15 is 0 Å². The average Bonchev–Trinajstić information content (AvgIpc) is 3.01. The molecule has 2 aliphatic carbocycles. The molecule has 0 unspecified atom stereocenters. The lowest BCUT2D eigenvalue weighted by atomic mass is 9.95. The number of carbonyl (C=O) groups is 1. The zero-order valence-corrected chi connectivity index (χ0v) is 11.5. The third-order valence-electron chi connectivity index (χ3n) is 4.43. The molecule has 1 aromatic heterocycles. The number of hydrogen-bond donors (Lipinski definition) is 2. The molecule has 0 saturated heterocycles. The van der Waals surface area contributed by atoms with Gasteiger partial charge in [-0.3, -0.25) is 0 Å². The molecule has 2 N–H and O–H groups in total. The van der Waals surface area contributed by atoms with Gasteiger partial charge in [0.25, 0.3) is 0 Å². The molecule has 108 valence electrons. The minimum Gasteiger partial charge on any atom is -0.478 e. The maximum atomic E-state index is 11.1. The van der Waals surface area contributed by atoms with Gasteiger partial charge in [0.15, 0.2) is 0 Å². The van der Waals surface area contributed by atoms with Gasteiger partial charge in [0.2, 0.25) is 5.95 Å². The van der Waals surface area contributed by atoms with Gasteiger partial charge >= 0.3 is 5.97 Å². The monoisotopic (exact) mass is 277 g/mol. The molecule has 6 heteroatoms. The average molecular weight is 277 g/mol. The molecule has 2 bridgehead atoms. The Hall–Kier alpha value is -1.69. The van der Waals surface area contributed by atoms with E-state index in [2.05, 4.69) is 15.3 Å². The van der Waals surface area contributed by atoms with Crippen molar-refractivity contribution in [2.45, 2.75) is 38.3 Å². The second-order valence-electron chi connectivity index (χ2n) is 5.72. The normalized spacial score (nSPS) is 27.8. The van der Waals surface area contributed by atoms with Gasteiger partial charge < -0.3 is 15.2 Å². The number of rotatable bonds is 5. The molecule has 2 aliphatic rings. The van der Waals surface area contributed by atoms with Crippen LogP contribution in [-0.2, 0) is 11.3 Å². The summed E-state index contributed by atoms with van der Waals surface area (Å²) >= 11 is 0. The number of methoxy groups -OCH3 is 1. The highest BCUT2D eigenvalue weighted by atomic mass is 16.5.